The van der Waals surface area contributed by atoms with E-state index in [4.69, 9.17) is 11.6 Å². The van der Waals surface area contributed by atoms with Gasteiger partial charge in [0.05, 0.1) is 23.5 Å². The van der Waals surface area contributed by atoms with Crippen molar-refractivity contribution in [3.8, 4) is 0 Å². The zero-order valence-electron chi connectivity index (χ0n) is 11.2. The summed E-state index contributed by atoms with van der Waals surface area (Å²) in [6, 6.07) is 4.84. The third kappa shape index (κ3) is 4.19. The number of sulfonamides is 1. The monoisotopic (exact) mass is 392 g/mol. The summed E-state index contributed by atoms with van der Waals surface area (Å²) in [6.45, 7) is 1.30. The topological polar surface area (TPSA) is 76.0 Å². The molecule has 9 heteroatoms. The number of benzene rings is 1. The van der Waals surface area contributed by atoms with Gasteiger partial charge in [-0.3, -0.25) is 9.40 Å². The molecule has 0 bridgehead atoms. The molecule has 21 heavy (non-hydrogen) atoms. The van der Waals surface area contributed by atoms with Crippen molar-refractivity contribution in [2.45, 2.75) is 11.4 Å². The first kappa shape index (κ1) is 16.3. The summed E-state index contributed by atoms with van der Waals surface area (Å²) in [6.07, 6.45) is 2.80. The average molecular weight is 394 g/mol. The quantitative estimate of drug-likeness (QED) is 0.790. The summed E-state index contributed by atoms with van der Waals surface area (Å²) in [5.41, 5.74) is 0.395. The van der Waals surface area contributed by atoms with Gasteiger partial charge in [0.15, 0.2) is 0 Å². The van der Waals surface area contributed by atoms with Crippen LogP contribution in [0, 0.1) is 0 Å². The van der Waals surface area contributed by atoms with Crippen LogP contribution in [0.2, 0.25) is 5.02 Å². The van der Waals surface area contributed by atoms with E-state index in [1.54, 1.807) is 16.8 Å². The van der Waals surface area contributed by atoms with Crippen LogP contribution in [0.4, 0.5) is 5.69 Å². The van der Waals surface area contributed by atoms with Crippen molar-refractivity contribution in [3.05, 3.63) is 40.1 Å². The van der Waals surface area contributed by atoms with Crippen LogP contribution in [0.5, 0.6) is 0 Å². The predicted octanol–water partition coefficient (Wildman–Crippen LogP) is 2.32. The fourth-order valence-electron chi connectivity index (χ4n) is 1.61. The van der Waals surface area contributed by atoms with E-state index in [9.17, 15) is 8.42 Å². The molecule has 0 radical (unpaired) electrons. The lowest BCUT2D eigenvalue weighted by Crippen LogP contribution is -2.15. The summed E-state index contributed by atoms with van der Waals surface area (Å²) in [7, 11) is -1.86. The number of hydrogen-bond donors (Lipinski definition) is 2. The van der Waals surface area contributed by atoms with Gasteiger partial charge in [0.2, 0.25) is 0 Å². The number of anilines is 1. The smallest absolute Gasteiger partial charge is 0.265 e. The maximum Gasteiger partial charge on any atom is 0.265 e. The number of likely N-dealkylation sites (N-methyl/N-ethyl adjacent to an activating group) is 1. The van der Waals surface area contributed by atoms with Gasteiger partial charge in [-0.15, -0.1) is 0 Å². The van der Waals surface area contributed by atoms with Crippen LogP contribution >= 0.6 is 27.5 Å². The Hall–Kier alpha value is -1.09. The zero-order valence-corrected chi connectivity index (χ0v) is 14.3. The van der Waals surface area contributed by atoms with Crippen molar-refractivity contribution in [1.82, 2.24) is 15.1 Å². The third-order valence-electron chi connectivity index (χ3n) is 2.68. The van der Waals surface area contributed by atoms with Crippen LogP contribution in [-0.4, -0.2) is 31.8 Å². The Morgan fingerprint density at radius 3 is 2.86 bits per heavy atom. The van der Waals surface area contributed by atoms with Crippen LogP contribution < -0.4 is 10.0 Å². The first-order valence-electron chi connectivity index (χ1n) is 6.07. The largest absolute Gasteiger partial charge is 0.318 e. The molecule has 1 aromatic heterocycles. The van der Waals surface area contributed by atoms with Crippen molar-refractivity contribution in [1.29, 1.82) is 0 Å². The molecule has 0 unspecified atom stereocenters. The van der Waals surface area contributed by atoms with Crippen molar-refractivity contribution in [3.63, 3.8) is 0 Å². The highest BCUT2D eigenvalue weighted by Gasteiger charge is 2.17. The van der Waals surface area contributed by atoms with E-state index in [0.717, 1.165) is 0 Å². The number of nitrogens with zero attached hydrogens (tertiary/aromatic N) is 2. The van der Waals surface area contributed by atoms with E-state index >= 15 is 0 Å². The Morgan fingerprint density at radius 2 is 2.19 bits per heavy atom. The molecule has 1 aromatic carbocycles. The second kappa shape index (κ2) is 6.78. The van der Waals surface area contributed by atoms with E-state index < -0.39 is 10.0 Å². The second-order valence-corrected chi connectivity index (χ2v) is 7.22. The Kier molecular flexibility index (Phi) is 5.26. The minimum Gasteiger partial charge on any atom is -0.318 e. The number of halogens is 2. The van der Waals surface area contributed by atoms with Gasteiger partial charge >= 0.3 is 0 Å². The molecule has 2 aromatic rings. The fourth-order valence-corrected chi connectivity index (χ4v) is 3.03. The average Bonchev–Trinajstić information content (AvgIpc) is 2.90. The molecule has 0 atom stereocenters. The summed E-state index contributed by atoms with van der Waals surface area (Å²) >= 11 is 9.20. The summed E-state index contributed by atoms with van der Waals surface area (Å²) in [5, 5.41) is 7.42. The van der Waals surface area contributed by atoms with Gasteiger partial charge < -0.3 is 5.32 Å². The molecule has 114 valence electrons. The summed E-state index contributed by atoms with van der Waals surface area (Å²) in [5.74, 6) is 0. The molecule has 0 fully saturated rings. The van der Waals surface area contributed by atoms with Crippen molar-refractivity contribution in [2.24, 2.45) is 0 Å². The van der Waals surface area contributed by atoms with Gasteiger partial charge in [-0.05, 0) is 41.2 Å². The minimum absolute atomic E-state index is 0.109. The van der Waals surface area contributed by atoms with Crippen LogP contribution in [0.1, 0.15) is 0 Å². The van der Waals surface area contributed by atoms with E-state index in [-0.39, 0.29) is 4.90 Å². The van der Waals surface area contributed by atoms with Crippen LogP contribution in [-0.2, 0) is 16.6 Å². The Balaban J connectivity index is 2.17. The van der Waals surface area contributed by atoms with E-state index in [2.05, 4.69) is 31.1 Å². The Bertz CT molecular complexity index is 733. The van der Waals surface area contributed by atoms with Gasteiger partial charge in [-0.25, -0.2) is 8.42 Å². The van der Waals surface area contributed by atoms with Crippen molar-refractivity contribution >= 4 is 43.2 Å². The number of aromatic nitrogens is 2. The molecule has 0 aliphatic carbocycles. The van der Waals surface area contributed by atoms with Crippen LogP contribution in [0.3, 0.4) is 0 Å². The Morgan fingerprint density at radius 1 is 1.43 bits per heavy atom. The number of hydrogen-bond acceptors (Lipinski definition) is 4. The van der Waals surface area contributed by atoms with E-state index in [0.29, 0.717) is 28.3 Å². The molecule has 0 saturated carbocycles. The van der Waals surface area contributed by atoms with Crippen molar-refractivity contribution in [2.75, 3.05) is 18.3 Å². The zero-order chi connectivity index (χ0) is 15.5. The number of nitrogens with one attached hydrogen (secondary N) is 2. The van der Waals surface area contributed by atoms with Crippen molar-refractivity contribution < 1.29 is 8.42 Å². The summed E-state index contributed by atoms with van der Waals surface area (Å²) in [4.78, 5) is 0.109. The summed E-state index contributed by atoms with van der Waals surface area (Å²) < 4.78 is 29.2. The predicted molar refractivity (Wildman–Crippen MR) is 86.1 cm³/mol. The SMILES string of the molecule is CNCCn1cc(S(=O)(=O)Nc2ccc(Br)c(Cl)c2)cn1. The van der Waals surface area contributed by atoms with E-state index in [1.807, 2.05) is 7.05 Å². The highest BCUT2D eigenvalue weighted by atomic mass is 79.9. The highest BCUT2D eigenvalue weighted by molar-refractivity contribution is 9.10. The molecule has 2 rings (SSSR count). The lowest BCUT2D eigenvalue weighted by Gasteiger charge is -2.07. The molecule has 0 spiro atoms. The lowest BCUT2D eigenvalue weighted by atomic mass is 10.3. The van der Waals surface area contributed by atoms with Gasteiger partial charge in [-0.2, -0.15) is 5.10 Å². The maximum atomic E-state index is 12.3. The molecule has 0 saturated heterocycles. The van der Waals surface area contributed by atoms with Crippen LogP contribution in [0.15, 0.2) is 40.0 Å². The highest BCUT2D eigenvalue weighted by Crippen LogP contribution is 2.26. The molecule has 0 aliphatic heterocycles. The minimum atomic E-state index is -3.67. The fraction of sp³-hybridized carbons (Fsp3) is 0.250. The van der Waals surface area contributed by atoms with Gasteiger partial charge in [0.1, 0.15) is 4.90 Å². The third-order valence-corrected chi connectivity index (χ3v) is 5.25. The van der Waals surface area contributed by atoms with Crippen LogP contribution in [0.25, 0.3) is 0 Å². The molecule has 0 amide bonds. The standard InChI is InChI=1S/C12H14BrClN4O2S/c1-15-4-5-18-8-10(7-16-18)21(19,20)17-9-2-3-11(13)12(14)6-9/h2-3,6-8,15,17H,4-5H2,1H3. The first-order chi connectivity index (χ1) is 9.92. The Labute approximate surface area is 136 Å². The normalized spacial score (nSPS) is 11.6. The van der Waals surface area contributed by atoms with Gasteiger partial charge in [0, 0.05) is 17.2 Å². The number of rotatable bonds is 6. The van der Waals surface area contributed by atoms with Gasteiger partial charge in [0.25, 0.3) is 10.0 Å². The molecular weight excluding hydrogens is 380 g/mol. The van der Waals surface area contributed by atoms with E-state index in [1.165, 1.54) is 18.5 Å². The molecular formula is C12H14BrClN4O2S. The second-order valence-electron chi connectivity index (χ2n) is 4.28. The molecule has 6 nitrogen and oxygen atoms in total. The molecule has 2 N–H and O–H groups in total. The first-order valence-corrected chi connectivity index (χ1v) is 8.73. The molecule has 0 aliphatic rings. The molecule has 1 heterocycles. The lowest BCUT2D eigenvalue weighted by molar-refractivity contribution is 0.582. The maximum absolute atomic E-state index is 12.3. The van der Waals surface area contributed by atoms with Gasteiger partial charge in [-0.1, -0.05) is 11.6 Å².